The lowest BCUT2D eigenvalue weighted by atomic mass is 10.1. The molecule has 2 unspecified atom stereocenters. The first-order valence-electron chi connectivity index (χ1n) is 13.1. The summed E-state index contributed by atoms with van der Waals surface area (Å²) in [6.45, 7) is 7.69. The van der Waals surface area contributed by atoms with E-state index in [-0.39, 0.29) is 34.8 Å². The second-order valence-electron chi connectivity index (χ2n) is 10.1. The van der Waals surface area contributed by atoms with Crippen molar-refractivity contribution < 1.29 is 9.59 Å². The monoisotopic (exact) mass is 578 g/mol. The number of carbonyl (C=O) groups excluding carboxylic acids is 2. The standard InChI is InChI=1S/C30H31ClN6O2.ClH/c1-18-14-32-27(33-15-18)20-3-8-23(9-4-20)36-29(38)22-7-12-25(26(31)13-22)30(39)37-24-10-5-21(6-11-24)28-34-16-19(2)17-35-28;/h3-13,18-19H,14-17H2,1-2H3,(H,32,33)(H,34,35)(H,36,38)(H,37,39);1H. The van der Waals surface area contributed by atoms with Gasteiger partial charge in [-0.15, -0.1) is 12.4 Å². The zero-order chi connectivity index (χ0) is 27.4. The average molecular weight is 580 g/mol. The lowest BCUT2D eigenvalue weighted by Gasteiger charge is -2.20. The van der Waals surface area contributed by atoms with E-state index in [0.29, 0.717) is 28.8 Å². The number of carbonyl (C=O) groups is 2. The highest BCUT2D eigenvalue weighted by Crippen LogP contribution is 2.22. The van der Waals surface area contributed by atoms with E-state index in [1.165, 1.54) is 6.07 Å². The molecule has 8 nitrogen and oxygen atoms in total. The second-order valence-corrected chi connectivity index (χ2v) is 10.5. The van der Waals surface area contributed by atoms with Gasteiger partial charge in [0, 0.05) is 54.2 Å². The number of amidine groups is 2. The molecule has 5 rings (SSSR count). The highest BCUT2D eigenvalue weighted by molar-refractivity contribution is 6.35. The van der Waals surface area contributed by atoms with Crippen LogP contribution in [0.4, 0.5) is 11.4 Å². The topological polar surface area (TPSA) is 107 Å². The maximum Gasteiger partial charge on any atom is 0.257 e. The predicted octanol–water partition coefficient (Wildman–Crippen LogP) is 5.24. The molecule has 40 heavy (non-hydrogen) atoms. The molecule has 0 radical (unpaired) electrons. The van der Waals surface area contributed by atoms with Crippen LogP contribution in [0.1, 0.15) is 45.7 Å². The summed E-state index contributed by atoms with van der Waals surface area (Å²) in [5.74, 6) is 2.10. The van der Waals surface area contributed by atoms with E-state index in [1.807, 2.05) is 48.5 Å². The molecular weight excluding hydrogens is 547 g/mol. The molecule has 3 aromatic rings. The summed E-state index contributed by atoms with van der Waals surface area (Å²) in [4.78, 5) is 34.8. The fraction of sp³-hybridized carbons (Fsp3) is 0.267. The van der Waals surface area contributed by atoms with Crippen LogP contribution >= 0.6 is 24.0 Å². The Balaban J connectivity index is 0.00000370. The van der Waals surface area contributed by atoms with E-state index in [9.17, 15) is 9.59 Å². The number of benzene rings is 3. The van der Waals surface area contributed by atoms with Gasteiger partial charge in [-0.05, 0) is 78.6 Å². The van der Waals surface area contributed by atoms with E-state index < -0.39 is 0 Å². The molecule has 0 fully saturated rings. The first kappa shape index (κ1) is 29.1. The average Bonchev–Trinajstić information content (AvgIpc) is 2.95. The molecule has 0 spiro atoms. The van der Waals surface area contributed by atoms with Crippen LogP contribution in [0.25, 0.3) is 0 Å². The first-order valence-corrected chi connectivity index (χ1v) is 13.4. The van der Waals surface area contributed by atoms with E-state index in [1.54, 1.807) is 12.1 Å². The summed E-state index contributed by atoms with van der Waals surface area (Å²) in [7, 11) is 0. The Morgan fingerprint density at radius 1 is 0.750 bits per heavy atom. The predicted molar refractivity (Wildman–Crippen MR) is 165 cm³/mol. The molecule has 0 aliphatic carbocycles. The summed E-state index contributed by atoms with van der Waals surface area (Å²) >= 11 is 6.41. The van der Waals surface area contributed by atoms with Gasteiger partial charge in [0.1, 0.15) is 11.7 Å². The minimum atomic E-state index is -0.356. The van der Waals surface area contributed by atoms with Gasteiger partial charge in [-0.3, -0.25) is 19.6 Å². The van der Waals surface area contributed by atoms with Crippen molar-refractivity contribution in [2.45, 2.75) is 13.8 Å². The molecule has 10 heteroatoms. The van der Waals surface area contributed by atoms with Crippen molar-refractivity contribution in [2.24, 2.45) is 21.8 Å². The molecule has 2 aliphatic rings. The van der Waals surface area contributed by atoms with Crippen LogP contribution in [0.3, 0.4) is 0 Å². The molecule has 0 bridgehead atoms. The Morgan fingerprint density at radius 3 is 1.65 bits per heavy atom. The summed E-state index contributed by atoms with van der Waals surface area (Å²) in [5.41, 5.74) is 3.87. The second kappa shape index (κ2) is 13.0. The Kier molecular flexibility index (Phi) is 9.45. The quantitative estimate of drug-likeness (QED) is 0.321. The van der Waals surface area contributed by atoms with E-state index in [2.05, 4.69) is 45.1 Å². The normalized spacial score (nSPS) is 18.2. The Labute approximate surface area is 245 Å². The third kappa shape index (κ3) is 7.00. The van der Waals surface area contributed by atoms with E-state index in [4.69, 9.17) is 11.6 Å². The summed E-state index contributed by atoms with van der Waals surface area (Å²) in [6, 6.07) is 19.6. The first-order chi connectivity index (χ1) is 18.9. The minimum Gasteiger partial charge on any atom is -0.370 e. The van der Waals surface area contributed by atoms with Gasteiger partial charge in [-0.2, -0.15) is 0 Å². The largest absolute Gasteiger partial charge is 0.370 e. The number of nitrogens with zero attached hydrogens (tertiary/aromatic N) is 2. The van der Waals surface area contributed by atoms with Gasteiger partial charge in [-0.1, -0.05) is 25.4 Å². The van der Waals surface area contributed by atoms with Gasteiger partial charge in [0.15, 0.2) is 0 Å². The molecule has 208 valence electrons. The zero-order valence-corrected chi connectivity index (χ0v) is 23.9. The van der Waals surface area contributed by atoms with Crippen molar-refractivity contribution in [1.29, 1.82) is 0 Å². The number of hydrogen-bond acceptors (Lipinski definition) is 6. The number of amides is 2. The van der Waals surface area contributed by atoms with Gasteiger partial charge in [-0.25, -0.2) is 0 Å². The number of rotatable bonds is 6. The van der Waals surface area contributed by atoms with Crippen LogP contribution in [0.5, 0.6) is 0 Å². The van der Waals surface area contributed by atoms with Crippen molar-refractivity contribution >= 4 is 58.9 Å². The van der Waals surface area contributed by atoms with Crippen LogP contribution in [-0.4, -0.2) is 49.7 Å². The highest BCUT2D eigenvalue weighted by Gasteiger charge is 2.16. The highest BCUT2D eigenvalue weighted by atomic mass is 35.5. The molecule has 0 saturated heterocycles. The minimum absolute atomic E-state index is 0. The smallest absolute Gasteiger partial charge is 0.257 e. The Hall–Kier alpha value is -3.88. The van der Waals surface area contributed by atoms with Gasteiger partial charge >= 0.3 is 0 Å². The molecule has 0 saturated carbocycles. The van der Waals surface area contributed by atoms with Crippen molar-refractivity contribution in [2.75, 3.05) is 36.8 Å². The molecule has 3 aromatic carbocycles. The van der Waals surface area contributed by atoms with Crippen LogP contribution in [0.15, 0.2) is 76.7 Å². The number of hydrogen-bond donors (Lipinski definition) is 4. The zero-order valence-electron chi connectivity index (χ0n) is 22.3. The lowest BCUT2D eigenvalue weighted by Crippen LogP contribution is -2.35. The summed E-state index contributed by atoms with van der Waals surface area (Å²) < 4.78 is 0. The molecule has 0 aromatic heterocycles. The summed E-state index contributed by atoms with van der Waals surface area (Å²) in [6.07, 6.45) is 0. The maximum absolute atomic E-state index is 12.9. The van der Waals surface area contributed by atoms with Crippen LogP contribution in [0.2, 0.25) is 5.02 Å². The van der Waals surface area contributed by atoms with Crippen LogP contribution < -0.4 is 21.3 Å². The molecular formula is C30H32Cl2N6O2. The van der Waals surface area contributed by atoms with Crippen molar-refractivity contribution in [3.63, 3.8) is 0 Å². The lowest BCUT2D eigenvalue weighted by molar-refractivity contribution is 0.101. The van der Waals surface area contributed by atoms with Crippen molar-refractivity contribution in [3.8, 4) is 0 Å². The van der Waals surface area contributed by atoms with Gasteiger partial charge in [0.05, 0.1) is 10.6 Å². The Bertz CT molecular complexity index is 1440. The van der Waals surface area contributed by atoms with Gasteiger partial charge < -0.3 is 21.3 Å². The van der Waals surface area contributed by atoms with Crippen molar-refractivity contribution in [1.82, 2.24) is 10.6 Å². The number of nitrogens with one attached hydrogen (secondary N) is 4. The Morgan fingerprint density at radius 2 is 1.23 bits per heavy atom. The van der Waals surface area contributed by atoms with E-state index in [0.717, 1.165) is 49.0 Å². The fourth-order valence-electron chi connectivity index (χ4n) is 4.33. The fourth-order valence-corrected chi connectivity index (χ4v) is 4.60. The van der Waals surface area contributed by atoms with E-state index >= 15 is 0 Å². The van der Waals surface area contributed by atoms with Gasteiger partial charge in [0.2, 0.25) is 0 Å². The molecule has 2 aliphatic heterocycles. The molecule has 2 amide bonds. The number of anilines is 2. The third-order valence-electron chi connectivity index (χ3n) is 6.67. The molecule has 2 heterocycles. The molecule has 2 atom stereocenters. The number of aliphatic imine (C=N–C) groups is 2. The van der Waals surface area contributed by atoms with Crippen molar-refractivity contribution in [3.05, 3.63) is 94.0 Å². The maximum atomic E-state index is 12.9. The van der Waals surface area contributed by atoms with Crippen LogP contribution in [-0.2, 0) is 0 Å². The SMILES string of the molecule is CC1CN=C(c2ccc(NC(=O)c3ccc(C(=O)Nc4ccc(C5=NCC(C)CN5)cc4)c(Cl)c3)cc2)NC1.Cl. The van der Waals surface area contributed by atoms with Crippen LogP contribution in [0, 0.1) is 11.8 Å². The summed E-state index contributed by atoms with van der Waals surface area (Å²) in [5, 5.41) is 12.6. The number of halogens is 2. The van der Waals surface area contributed by atoms with Gasteiger partial charge in [0.25, 0.3) is 11.8 Å². The third-order valence-corrected chi connectivity index (χ3v) is 6.98. The molecule has 4 N–H and O–H groups in total.